The maximum atomic E-state index is 12.6. The second kappa shape index (κ2) is 8.82. The molecule has 0 unspecified atom stereocenters. The second-order valence-electron chi connectivity index (χ2n) is 6.90. The van der Waals surface area contributed by atoms with Crippen LogP contribution in [-0.2, 0) is 4.79 Å². The molecule has 0 radical (unpaired) electrons. The summed E-state index contributed by atoms with van der Waals surface area (Å²) >= 11 is 0. The Morgan fingerprint density at radius 1 is 1.07 bits per heavy atom. The molecule has 5 heteroatoms. The fourth-order valence-corrected chi connectivity index (χ4v) is 3.30. The van der Waals surface area contributed by atoms with Gasteiger partial charge in [-0.2, -0.15) is 0 Å². The highest BCUT2D eigenvalue weighted by atomic mass is 16.3. The predicted octanol–water partition coefficient (Wildman–Crippen LogP) is 3.15. The van der Waals surface area contributed by atoms with Gasteiger partial charge in [-0.25, -0.2) is 0 Å². The molecule has 2 aromatic rings. The SMILES string of the molecule is CCC[C@@H](O)c1ccc(-c2ccc(C(=O)N3CCNC(=O)CC3)cc2)cc1. The smallest absolute Gasteiger partial charge is 0.253 e. The van der Waals surface area contributed by atoms with Crippen molar-refractivity contribution in [3.8, 4) is 11.1 Å². The normalized spacial score (nSPS) is 15.8. The minimum absolute atomic E-state index is 0.00634. The number of rotatable bonds is 5. The van der Waals surface area contributed by atoms with Crippen molar-refractivity contribution < 1.29 is 14.7 Å². The molecule has 1 aliphatic heterocycles. The maximum absolute atomic E-state index is 12.6. The van der Waals surface area contributed by atoms with Crippen molar-refractivity contribution in [2.75, 3.05) is 19.6 Å². The van der Waals surface area contributed by atoms with Crippen molar-refractivity contribution in [2.24, 2.45) is 0 Å². The summed E-state index contributed by atoms with van der Waals surface area (Å²) < 4.78 is 0. The summed E-state index contributed by atoms with van der Waals surface area (Å²) in [7, 11) is 0. The van der Waals surface area contributed by atoms with Crippen molar-refractivity contribution in [2.45, 2.75) is 32.3 Å². The van der Waals surface area contributed by atoms with Crippen molar-refractivity contribution >= 4 is 11.8 Å². The highest BCUT2D eigenvalue weighted by molar-refractivity contribution is 5.95. The number of hydrogen-bond donors (Lipinski definition) is 2. The van der Waals surface area contributed by atoms with Crippen LogP contribution in [0.3, 0.4) is 0 Å². The van der Waals surface area contributed by atoms with Gasteiger partial charge in [0.2, 0.25) is 5.91 Å². The summed E-state index contributed by atoms with van der Waals surface area (Å²) in [6.07, 6.45) is 1.63. The van der Waals surface area contributed by atoms with Gasteiger partial charge >= 0.3 is 0 Å². The lowest BCUT2D eigenvalue weighted by Crippen LogP contribution is -2.34. The van der Waals surface area contributed by atoms with E-state index in [0.29, 0.717) is 31.6 Å². The highest BCUT2D eigenvalue weighted by Gasteiger charge is 2.19. The number of nitrogens with zero attached hydrogens (tertiary/aromatic N) is 1. The first-order chi connectivity index (χ1) is 13.1. The molecule has 2 amide bonds. The first kappa shape index (κ1) is 19.1. The van der Waals surface area contributed by atoms with Gasteiger partial charge in [0.05, 0.1) is 6.10 Å². The molecular weight excluding hydrogens is 340 g/mol. The molecule has 2 aromatic carbocycles. The molecule has 1 aliphatic rings. The Labute approximate surface area is 160 Å². The van der Waals surface area contributed by atoms with E-state index in [-0.39, 0.29) is 11.8 Å². The minimum atomic E-state index is -0.418. The van der Waals surface area contributed by atoms with Crippen LogP contribution >= 0.6 is 0 Å². The van der Waals surface area contributed by atoms with Crippen molar-refractivity contribution in [1.29, 1.82) is 0 Å². The summed E-state index contributed by atoms with van der Waals surface area (Å²) in [6, 6.07) is 15.4. The van der Waals surface area contributed by atoms with Crippen LogP contribution < -0.4 is 5.32 Å². The lowest BCUT2D eigenvalue weighted by molar-refractivity contribution is -0.120. The van der Waals surface area contributed by atoms with Crippen LogP contribution in [0, 0.1) is 0 Å². The summed E-state index contributed by atoms with van der Waals surface area (Å²) in [5.41, 5.74) is 3.63. The number of benzene rings is 2. The van der Waals surface area contributed by atoms with Gasteiger partial charge in [0.15, 0.2) is 0 Å². The fraction of sp³-hybridized carbons (Fsp3) is 0.364. The molecule has 142 valence electrons. The molecule has 0 bridgehead atoms. The zero-order chi connectivity index (χ0) is 19.2. The molecule has 27 heavy (non-hydrogen) atoms. The van der Waals surface area contributed by atoms with Crippen LogP contribution in [0.2, 0.25) is 0 Å². The fourth-order valence-electron chi connectivity index (χ4n) is 3.30. The maximum Gasteiger partial charge on any atom is 0.253 e. The van der Waals surface area contributed by atoms with Gasteiger partial charge < -0.3 is 15.3 Å². The average Bonchev–Trinajstić information content (AvgIpc) is 2.92. The topological polar surface area (TPSA) is 69.6 Å². The average molecular weight is 366 g/mol. The van der Waals surface area contributed by atoms with Gasteiger partial charge in [0.1, 0.15) is 0 Å². The second-order valence-corrected chi connectivity index (χ2v) is 6.90. The van der Waals surface area contributed by atoms with Crippen LogP contribution in [0.15, 0.2) is 48.5 Å². The number of aliphatic hydroxyl groups excluding tert-OH is 1. The number of hydrogen-bond acceptors (Lipinski definition) is 3. The number of amides is 2. The van der Waals surface area contributed by atoms with Gasteiger partial charge in [-0.1, -0.05) is 49.7 Å². The zero-order valence-corrected chi connectivity index (χ0v) is 15.6. The Hall–Kier alpha value is -2.66. The van der Waals surface area contributed by atoms with E-state index in [2.05, 4.69) is 12.2 Å². The zero-order valence-electron chi connectivity index (χ0n) is 15.6. The van der Waals surface area contributed by atoms with E-state index in [0.717, 1.165) is 29.5 Å². The van der Waals surface area contributed by atoms with Gasteiger partial charge in [-0.15, -0.1) is 0 Å². The molecule has 1 fully saturated rings. The van der Waals surface area contributed by atoms with E-state index < -0.39 is 6.10 Å². The number of carbonyl (C=O) groups excluding carboxylic acids is 2. The van der Waals surface area contributed by atoms with E-state index in [9.17, 15) is 14.7 Å². The molecule has 0 aromatic heterocycles. The van der Waals surface area contributed by atoms with Crippen LogP contribution in [0.5, 0.6) is 0 Å². The molecule has 0 spiro atoms. The molecule has 2 N–H and O–H groups in total. The summed E-state index contributed by atoms with van der Waals surface area (Å²) in [4.78, 5) is 25.8. The molecule has 5 nitrogen and oxygen atoms in total. The first-order valence-corrected chi connectivity index (χ1v) is 9.53. The largest absolute Gasteiger partial charge is 0.388 e. The molecule has 1 heterocycles. The van der Waals surface area contributed by atoms with Crippen molar-refractivity contribution in [3.63, 3.8) is 0 Å². The highest BCUT2D eigenvalue weighted by Crippen LogP contribution is 2.24. The number of aliphatic hydroxyl groups is 1. The minimum Gasteiger partial charge on any atom is -0.388 e. The lowest BCUT2D eigenvalue weighted by Gasteiger charge is -2.19. The number of carbonyl (C=O) groups is 2. The molecule has 1 atom stereocenters. The van der Waals surface area contributed by atoms with Crippen LogP contribution in [-0.4, -0.2) is 41.5 Å². The lowest BCUT2D eigenvalue weighted by atomic mass is 9.99. The standard InChI is InChI=1S/C22H26N2O3/c1-2-3-20(25)18-8-4-16(5-9-18)17-6-10-19(11-7-17)22(27)24-14-12-21(26)23-13-15-24/h4-11,20,25H,2-3,12-15H2,1H3,(H,23,26)/t20-/m1/s1. The van der Waals surface area contributed by atoms with Crippen LogP contribution in [0.25, 0.3) is 11.1 Å². The molecule has 0 saturated carbocycles. The Morgan fingerprint density at radius 3 is 2.33 bits per heavy atom. The van der Waals surface area contributed by atoms with Gasteiger partial charge in [-0.3, -0.25) is 9.59 Å². The van der Waals surface area contributed by atoms with E-state index in [1.54, 1.807) is 4.90 Å². The van der Waals surface area contributed by atoms with E-state index in [1.165, 1.54) is 0 Å². The Balaban J connectivity index is 1.69. The third-order valence-electron chi connectivity index (χ3n) is 4.92. The van der Waals surface area contributed by atoms with Crippen LogP contribution in [0.1, 0.15) is 48.2 Å². The Morgan fingerprint density at radius 2 is 1.70 bits per heavy atom. The predicted molar refractivity (Wildman–Crippen MR) is 105 cm³/mol. The van der Waals surface area contributed by atoms with Gasteiger partial charge in [0, 0.05) is 31.6 Å². The monoisotopic (exact) mass is 366 g/mol. The summed E-state index contributed by atoms with van der Waals surface area (Å²) in [5.74, 6) is -0.0516. The first-order valence-electron chi connectivity index (χ1n) is 9.53. The summed E-state index contributed by atoms with van der Waals surface area (Å²) in [6.45, 7) is 3.54. The Bertz CT molecular complexity index is 784. The van der Waals surface area contributed by atoms with Crippen molar-refractivity contribution in [3.05, 3.63) is 59.7 Å². The van der Waals surface area contributed by atoms with Gasteiger partial charge in [-0.05, 0) is 35.2 Å². The van der Waals surface area contributed by atoms with E-state index in [1.807, 2.05) is 48.5 Å². The third-order valence-corrected chi connectivity index (χ3v) is 4.92. The molecular formula is C22H26N2O3. The Kier molecular flexibility index (Phi) is 6.24. The van der Waals surface area contributed by atoms with Crippen LogP contribution in [0.4, 0.5) is 0 Å². The van der Waals surface area contributed by atoms with E-state index in [4.69, 9.17) is 0 Å². The molecule has 0 aliphatic carbocycles. The summed E-state index contributed by atoms with van der Waals surface area (Å²) in [5, 5.41) is 12.9. The quantitative estimate of drug-likeness (QED) is 0.854. The third kappa shape index (κ3) is 4.74. The molecule has 3 rings (SSSR count). The van der Waals surface area contributed by atoms with Gasteiger partial charge in [0.25, 0.3) is 5.91 Å². The van der Waals surface area contributed by atoms with Crippen molar-refractivity contribution in [1.82, 2.24) is 10.2 Å². The number of nitrogens with one attached hydrogen (secondary N) is 1. The van der Waals surface area contributed by atoms with E-state index >= 15 is 0 Å². The molecule has 1 saturated heterocycles.